The number of carboxylic acid groups (broad SMARTS) is 1. The lowest BCUT2D eigenvalue weighted by Crippen LogP contribution is -2.57. The monoisotopic (exact) mass is 277 g/mol. The number of thioether (sulfide) groups is 1. The largest absolute Gasteiger partial charge is 0.480 e. The van der Waals surface area contributed by atoms with Crippen LogP contribution in [0.2, 0.25) is 0 Å². The molecule has 1 aliphatic heterocycles. The minimum Gasteiger partial charge on any atom is -0.480 e. The molecule has 0 aromatic carbocycles. The highest BCUT2D eigenvalue weighted by Gasteiger charge is 2.41. The van der Waals surface area contributed by atoms with Crippen LogP contribution in [-0.4, -0.2) is 61.0 Å². The standard InChI is InChI=1S/C11H19NO5S/c1-16-6-7-18-8-9(13)12-11(10(14)15)2-4-17-5-3-11/h2-8H2,1H3,(H,12,13)(H,14,15). The number of rotatable bonds is 7. The first kappa shape index (κ1) is 15.3. The molecular formula is C11H19NO5S. The molecule has 0 spiro atoms. The van der Waals surface area contributed by atoms with Gasteiger partial charge in [0, 0.05) is 38.9 Å². The van der Waals surface area contributed by atoms with Crippen molar-refractivity contribution in [3.63, 3.8) is 0 Å². The van der Waals surface area contributed by atoms with Crippen molar-refractivity contribution in [2.45, 2.75) is 18.4 Å². The van der Waals surface area contributed by atoms with Crippen molar-refractivity contribution in [1.29, 1.82) is 0 Å². The molecular weight excluding hydrogens is 258 g/mol. The van der Waals surface area contributed by atoms with Crippen LogP contribution in [0.3, 0.4) is 0 Å². The highest BCUT2D eigenvalue weighted by Crippen LogP contribution is 2.21. The molecule has 0 bridgehead atoms. The lowest BCUT2D eigenvalue weighted by molar-refractivity contribution is -0.151. The van der Waals surface area contributed by atoms with Gasteiger partial charge < -0.3 is 19.9 Å². The van der Waals surface area contributed by atoms with Crippen LogP contribution < -0.4 is 5.32 Å². The van der Waals surface area contributed by atoms with Crippen LogP contribution in [0.25, 0.3) is 0 Å². The van der Waals surface area contributed by atoms with E-state index >= 15 is 0 Å². The van der Waals surface area contributed by atoms with Gasteiger partial charge in [0.25, 0.3) is 0 Å². The van der Waals surface area contributed by atoms with Gasteiger partial charge in [0.1, 0.15) is 5.54 Å². The first-order chi connectivity index (χ1) is 8.60. The summed E-state index contributed by atoms with van der Waals surface area (Å²) in [5.74, 6) is -0.270. The minimum absolute atomic E-state index is 0.249. The molecule has 0 aromatic rings. The lowest BCUT2D eigenvalue weighted by Gasteiger charge is -2.33. The van der Waals surface area contributed by atoms with E-state index in [9.17, 15) is 14.7 Å². The average molecular weight is 277 g/mol. The Hall–Kier alpha value is -0.790. The number of carbonyl (C=O) groups excluding carboxylic acids is 1. The summed E-state index contributed by atoms with van der Waals surface area (Å²) < 4.78 is 10.0. The van der Waals surface area contributed by atoms with E-state index < -0.39 is 11.5 Å². The van der Waals surface area contributed by atoms with Crippen LogP contribution in [0.4, 0.5) is 0 Å². The molecule has 1 heterocycles. The Morgan fingerprint density at radius 1 is 1.44 bits per heavy atom. The van der Waals surface area contributed by atoms with E-state index in [1.165, 1.54) is 11.8 Å². The Balaban J connectivity index is 2.41. The molecule has 1 saturated heterocycles. The first-order valence-corrected chi connectivity index (χ1v) is 6.95. The summed E-state index contributed by atoms with van der Waals surface area (Å²) in [6, 6.07) is 0. The van der Waals surface area contributed by atoms with Gasteiger partial charge in [-0.2, -0.15) is 0 Å². The van der Waals surface area contributed by atoms with Crippen molar-refractivity contribution >= 4 is 23.6 Å². The van der Waals surface area contributed by atoms with E-state index in [2.05, 4.69) is 5.32 Å². The Labute approximate surface area is 110 Å². The second-order valence-corrected chi connectivity index (χ2v) is 5.20. The van der Waals surface area contributed by atoms with Gasteiger partial charge >= 0.3 is 5.97 Å². The van der Waals surface area contributed by atoms with Crippen molar-refractivity contribution in [3.05, 3.63) is 0 Å². The SMILES string of the molecule is COCCSCC(=O)NC1(C(=O)O)CCOCC1. The van der Waals surface area contributed by atoms with Gasteiger partial charge in [0.05, 0.1) is 12.4 Å². The van der Waals surface area contributed by atoms with Crippen LogP contribution in [0, 0.1) is 0 Å². The fourth-order valence-corrected chi connectivity index (χ4v) is 2.41. The average Bonchev–Trinajstić information content (AvgIpc) is 2.35. The molecule has 0 unspecified atom stereocenters. The maximum Gasteiger partial charge on any atom is 0.329 e. The van der Waals surface area contributed by atoms with Crippen LogP contribution in [-0.2, 0) is 19.1 Å². The maximum absolute atomic E-state index is 11.7. The zero-order valence-electron chi connectivity index (χ0n) is 10.4. The number of nitrogens with one attached hydrogen (secondary N) is 1. The Morgan fingerprint density at radius 2 is 2.11 bits per heavy atom. The number of aliphatic carboxylic acids is 1. The molecule has 18 heavy (non-hydrogen) atoms. The summed E-state index contributed by atoms with van der Waals surface area (Å²) in [6.45, 7) is 1.31. The summed E-state index contributed by atoms with van der Waals surface area (Å²) >= 11 is 1.42. The van der Waals surface area contributed by atoms with Crippen molar-refractivity contribution in [3.8, 4) is 0 Å². The zero-order valence-corrected chi connectivity index (χ0v) is 11.3. The minimum atomic E-state index is -1.16. The van der Waals surface area contributed by atoms with E-state index in [0.717, 1.165) is 0 Å². The van der Waals surface area contributed by atoms with Crippen molar-refractivity contribution in [1.82, 2.24) is 5.32 Å². The lowest BCUT2D eigenvalue weighted by atomic mass is 9.90. The van der Waals surface area contributed by atoms with Crippen molar-refractivity contribution in [2.24, 2.45) is 0 Å². The second-order valence-electron chi connectivity index (χ2n) is 4.09. The second kappa shape index (κ2) is 7.60. The van der Waals surface area contributed by atoms with Gasteiger partial charge in [-0.25, -0.2) is 4.79 Å². The van der Waals surface area contributed by atoms with Crippen LogP contribution in [0.5, 0.6) is 0 Å². The molecule has 0 aliphatic carbocycles. The fourth-order valence-electron chi connectivity index (χ4n) is 1.72. The summed E-state index contributed by atoms with van der Waals surface area (Å²) in [6.07, 6.45) is 0.633. The molecule has 7 heteroatoms. The van der Waals surface area contributed by atoms with Gasteiger partial charge in [-0.15, -0.1) is 11.8 Å². The number of amides is 1. The summed E-state index contributed by atoms with van der Waals surface area (Å²) in [4.78, 5) is 23.0. The van der Waals surface area contributed by atoms with E-state index in [4.69, 9.17) is 9.47 Å². The molecule has 0 radical (unpaired) electrons. The summed E-state index contributed by atoms with van der Waals surface area (Å²) in [5, 5.41) is 11.9. The number of hydrogen-bond donors (Lipinski definition) is 2. The molecule has 0 aromatic heterocycles. The van der Waals surface area contributed by atoms with E-state index in [1.54, 1.807) is 7.11 Å². The molecule has 1 amide bonds. The summed E-state index contributed by atoms with van der Waals surface area (Å²) in [7, 11) is 1.60. The Morgan fingerprint density at radius 3 is 2.67 bits per heavy atom. The smallest absolute Gasteiger partial charge is 0.329 e. The number of hydrogen-bond acceptors (Lipinski definition) is 5. The molecule has 1 aliphatic rings. The van der Waals surface area contributed by atoms with Crippen LogP contribution >= 0.6 is 11.8 Å². The molecule has 1 rings (SSSR count). The van der Waals surface area contributed by atoms with Crippen LogP contribution in [0.1, 0.15) is 12.8 Å². The number of carbonyl (C=O) groups is 2. The molecule has 6 nitrogen and oxygen atoms in total. The quantitative estimate of drug-likeness (QED) is 0.643. The Bertz CT molecular complexity index is 291. The molecule has 0 atom stereocenters. The van der Waals surface area contributed by atoms with E-state index in [0.29, 0.717) is 38.4 Å². The highest BCUT2D eigenvalue weighted by molar-refractivity contribution is 7.99. The predicted molar refractivity (Wildman–Crippen MR) is 67.8 cm³/mol. The molecule has 0 saturated carbocycles. The topological polar surface area (TPSA) is 84.9 Å². The number of methoxy groups -OCH3 is 1. The number of ether oxygens (including phenoxy) is 2. The van der Waals surface area contributed by atoms with Gasteiger partial charge in [-0.05, 0) is 0 Å². The normalized spacial score (nSPS) is 18.3. The van der Waals surface area contributed by atoms with Gasteiger partial charge in [0.2, 0.25) is 5.91 Å². The third-order valence-corrected chi connectivity index (χ3v) is 3.72. The van der Waals surface area contributed by atoms with Gasteiger partial charge in [-0.1, -0.05) is 0 Å². The third-order valence-electron chi connectivity index (χ3n) is 2.80. The maximum atomic E-state index is 11.7. The van der Waals surface area contributed by atoms with Crippen molar-refractivity contribution in [2.75, 3.05) is 38.4 Å². The van der Waals surface area contributed by atoms with E-state index in [1.807, 2.05) is 0 Å². The van der Waals surface area contributed by atoms with Crippen LogP contribution in [0.15, 0.2) is 0 Å². The fraction of sp³-hybridized carbons (Fsp3) is 0.818. The Kier molecular flexibility index (Phi) is 6.45. The highest BCUT2D eigenvalue weighted by atomic mass is 32.2. The first-order valence-electron chi connectivity index (χ1n) is 5.79. The molecule has 2 N–H and O–H groups in total. The third kappa shape index (κ3) is 4.47. The zero-order chi connectivity index (χ0) is 13.4. The molecule has 104 valence electrons. The molecule has 1 fully saturated rings. The van der Waals surface area contributed by atoms with Gasteiger partial charge in [-0.3, -0.25) is 4.79 Å². The van der Waals surface area contributed by atoms with Gasteiger partial charge in [0.15, 0.2) is 0 Å². The predicted octanol–water partition coefficient (Wildman–Crippen LogP) is 0.116. The van der Waals surface area contributed by atoms with E-state index in [-0.39, 0.29) is 11.7 Å². The summed E-state index contributed by atoms with van der Waals surface area (Å²) in [5.41, 5.74) is -1.16. The number of carboxylic acids is 1. The van der Waals surface area contributed by atoms with Crippen molar-refractivity contribution < 1.29 is 24.2 Å².